The number of nitrogens with zero attached hydrogens (tertiary/aromatic N) is 4. The lowest BCUT2D eigenvalue weighted by Gasteiger charge is -2.26. The van der Waals surface area contributed by atoms with Crippen LogP contribution in [0.4, 0.5) is 4.39 Å². The number of hydrogen-bond acceptors (Lipinski definition) is 3. The SMILES string of the molecule is O=C(c1cnn(-c2cc(F)ccc2Cl)c1-n1cccc1)N1CCOCC1. The van der Waals surface area contributed by atoms with Crippen LogP contribution in [0.3, 0.4) is 0 Å². The quantitative estimate of drug-likeness (QED) is 0.708. The summed E-state index contributed by atoms with van der Waals surface area (Å²) in [5, 5.41) is 4.67. The highest BCUT2D eigenvalue weighted by molar-refractivity contribution is 6.32. The average molecular weight is 375 g/mol. The van der Waals surface area contributed by atoms with Gasteiger partial charge in [-0.15, -0.1) is 0 Å². The molecule has 1 amide bonds. The Morgan fingerprint density at radius 3 is 2.65 bits per heavy atom. The minimum Gasteiger partial charge on any atom is -0.378 e. The van der Waals surface area contributed by atoms with Crippen molar-refractivity contribution in [3.05, 3.63) is 65.3 Å². The molecule has 3 heterocycles. The summed E-state index contributed by atoms with van der Waals surface area (Å²) in [6.07, 6.45) is 5.10. The van der Waals surface area contributed by atoms with Crippen LogP contribution in [-0.4, -0.2) is 51.5 Å². The summed E-state index contributed by atoms with van der Waals surface area (Å²) in [6.45, 7) is 2.06. The van der Waals surface area contributed by atoms with E-state index in [9.17, 15) is 9.18 Å². The Balaban J connectivity index is 1.85. The molecule has 0 aliphatic carbocycles. The molecule has 1 saturated heterocycles. The van der Waals surface area contributed by atoms with E-state index in [1.54, 1.807) is 21.9 Å². The zero-order valence-corrected chi connectivity index (χ0v) is 14.6. The van der Waals surface area contributed by atoms with E-state index in [0.717, 1.165) is 0 Å². The molecule has 4 rings (SSSR count). The molecule has 0 spiro atoms. The highest BCUT2D eigenvalue weighted by Crippen LogP contribution is 2.27. The van der Waals surface area contributed by atoms with Crippen LogP contribution in [0.15, 0.2) is 48.9 Å². The first-order valence-electron chi connectivity index (χ1n) is 8.19. The van der Waals surface area contributed by atoms with Gasteiger partial charge in [0.15, 0.2) is 5.82 Å². The lowest BCUT2D eigenvalue weighted by molar-refractivity contribution is 0.0303. The predicted molar refractivity (Wildman–Crippen MR) is 94.6 cm³/mol. The summed E-state index contributed by atoms with van der Waals surface area (Å²) in [4.78, 5) is 14.7. The maximum absolute atomic E-state index is 13.8. The van der Waals surface area contributed by atoms with Gasteiger partial charge in [-0.05, 0) is 24.3 Å². The molecular weight excluding hydrogens is 359 g/mol. The fourth-order valence-corrected chi connectivity index (χ4v) is 3.18. The Hall–Kier alpha value is -2.64. The summed E-state index contributed by atoms with van der Waals surface area (Å²) < 4.78 is 22.3. The van der Waals surface area contributed by atoms with E-state index in [-0.39, 0.29) is 5.91 Å². The molecule has 1 aromatic carbocycles. The van der Waals surface area contributed by atoms with Crippen LogP contribution in [0.25, 0.3) is 11.5 Å². The van der Waals surface area contributed by atoms with Crippen LogP contribution in [0.1, 0.15) is 10.4 Å². The van der Waals surface area contributed by atoms with Gasteiger partial charge in [0.2, 0.25) is 0 Å². The molecule has 0 radical (unpaired) electrons. The van der Waals surface area contributed by atoms with E-state index in [1.165, 1.54) is 29.1 Å². The Morgan fingerprint density at radius 2 is 1.92 bits per heavy atom. The highest BCUT2D eigenvalue weighted by atomic mass is 35.5. The fraction of sp³-hybridized carbons (Fsp3) is 0.222. The zero-order valence-electron chi connectivity index (χ0n) is 13.8. The monoisotopic (exact) mass is 374 g/mol. The zero-order chi connectivity index (χ0) is 18.1. The molecule has 0 N–H and O–H groups in total. The van der Waals surface area contributed by atoms with Gasteiger partial charge in [0.05, 0.1) is 30.1 Å². The van der Waals surface area contributed by atoms with Crippen LogP contribution in [-0.2, 0) is 4.74 Å². The molecule has 3 aromatic rings. The van der Waals surface area contributed by atoms with Crippen molar-refractivity contribution in [2.45, 2.75) is 0 Å². The first-order chi connectivity index (χ1) is 12.6. The summed E-state index contributed by atoms with van der Waals surface area (Å²) in [5.41, 5.74) is 0.792. The summed E-state index contributed by atoms with van der Waals surface area (Å²) >= 11 is 6.25. The van der Waals surface area contributed by atoms with Crippen molar-refractivity contribution in [3.8, 4) is 11.5 Å². The molecule has 8 heteroatoms. The number of benzene rings is 1. The summed E-state index contributed by atoms with van der Waals surface area (Å²) in [7, 11) is 0. The minimum absolute atomic E-state index is 0.143. The van der Waals surface area contributed by atoms with Crippen molar-refractivity contribution in [1.29, 1.82) is 0 Å². The first kappa shape index (κ1) is 16.8. The van der Waals surface area contributed by atoms with E-state index in [0.29, 0.717) is 48.4 Å². The van der Waals surface area contributed by atoms with Gasteiger partial charge in [-0.1, -0.05) is 11.6 Å². The maximum atomic E-state index is 13.8. The number of ether oxygens (including phenoxy) is 1. The number of carbonyl (C=O) groups excluding carboxylic acids is 1. The molecule has 0 atom stereocenters. The van der Waals surface area contributed by atoms with E-state index < -0.39 is 5.82 Å². The van der Waals surface area contributed by atoms with Gasteiger partial charge in [-0.2, -0.15) is 5.10 Å². The van der Waals surface area contributed by atoms with Gasteiger partial charge in [-0.3, -0.25) is 4.79 Å². The Labute approximate surface area is 154 Å². The topological polar surface area (TPSA) is 52.3 Å². The van der Waals surface area contributed by atoms with Gasteiger partial charge < -0.3 is 14.2 Å². The van der Waals surface area contributed by atoms with Crippen LogP contribution in [0.5, 0.6) is 0 Å². The molecule has 26 heavy (non-hydrogen) atoms. The van der Waals surface area contributed by atoms with Gasteiger partial charge in [0.25, 0.3) is 5.91 Å². The van der Waals surface area contributed by atoms with Crippen LogP contribution in [0.2, 0.25) is 5.02 Å². The van der Waals surface area contributed by atoms with E-state index in [4.69, 9.17) is 16.3 Å². The van der Waals surface area contributed by atoms with Crippen molar-refractivity contribution in [2.24, 2.45) is 0 Å². The highest BCUT2D eigenvalue weighted by Gasteiger charge is 2.26. The third-order valence-corrected chi connectivity index (χ3v) is 4.58. The van der Waals surface area contributed by atoms with Gasteiger partial charge in [0.1, 0.15) is 11.4 Å². The average Bonchev–Trinajstić information content (AvgIpc) is 3.33. The van der Waals surface area contributed by atoms with Crippen molar-refractivity contribution in [2.75, 3.05) is 26.3 Å². The number of hydrogen-bond donors (Lipinski definition) is 0. The third kappa shape index (κ3) is 3.00. The third-order valence-electron chi connectivity index (χ3n) is 4.26. The Kier molecular flexibility index (Phi) is 4.48. The van der Waals surface area contributed by atoms with Crippen LogP contribution in [0, 0.1) is 5.82 Å². The largest absolute Gasteiger partial charge is 0.378 e. The molecule has 0 bridgehead atoms. The standard InChI is InChI=1S/C18H16ClFN4O2/c19-15-4-3-13(20)11-16(15)24-17(22-5-1-2-6-22)14(12-21-24)18(25)23-7-9-26-10-8-23/h1-6,11-12H,7-10H2. The number of halogens is 2. The van der Waals surface area contributed by atoms with Crippen LogP contribution >= 0.6 is 11.6 Å². The molecule has 1 fully saturated rings. The van der Waals surface area contributed by atoms with E-state index in [2.05, 4.69) is 5.10 Å². The molecule has 1 aliphatic rings. The van der Waals surface area contributed by atoms with Crippen molar-refractivity contribution >= 4 is 17.5 Å². The number of amides is 1. The smallest absolute Gasteiger partial charge is 0.259 e. The Bertz CT molecular complexity index is 933. The second-order valence-corrected chi connectivity index (χ2v) is 6.29. The second-order valence-electron chi connectivity index (χ2n) is 5.88. The van der Waals surface area contributed by atoms with E-state index in [1.807, 2.05) is 12.1 Å². The molecule has 1 aliphatic heterocycles. The number of rotatable bonds is 3. The van der Waals surface area contributed by atoms with Gasteiger partial charge >= 0.3 is 0 Å². The number of morpholine rings is 1. The minimum atomic E-state index is -0.431. The van der Waals surface area contributed by atoms with Gasteiger partial charge in [0, 0.05) is 31.5 Å². The molecule has 2 aromatic heterocycles. The molecule has 134 valence electrons. The van der Waals surface area contributed by atoms with Crippen molar-refractivity contribution in [3.63, 3.8) is 0 Å². The Morgan fingerprint density at radius 1 is 1.19 bits per heavy atom. The molecule has 0 unspecified atom stereocenters. The summed E-state index contributed by atoms with van der Waals surface area (Å²) in [6, 6.07) is 7.73. The molecule has 0 saturated carbocycles. The second kappa shape index (κ2) is 6.93. The molecular formula is C18H16ClFN4O2. The lowest BCUT2D eigenvalue weighted by atomic mass is 10.2. The van der Waals surface area contributed by atoms with Crippen molar-refractivity contribution in [1.82, 2.24) is 19.2 Å². The normalized spacial score (nSPS) is 14.6. The lowest BCUT2D eigenvalue weighted by Crippen LogP contribution is -2.40. The predicted octanol–water partition coefficient (Wildman–Crippen LogP) is 2.93. The fourth-order valence-electron chi connectivity index (χ4n) is 2.98. The number of aromatic nitrogens is 3. The molecule has 6 nitrogen and oxygen atoms in total. The van der Waals surface area contributed by atoms with Gasteiger partial charge in [-0.25, -0.2) is 9.07 Å². The summed E-state index contributed by atoms with van der Waals surface area (Å²) in [5.74, 6) is -0.0609. The maximum Gasteiger partial charge on any atom is 0.259 e. The van der Waals surface area contributed by atoms with Crippen LogP contribution < -0.4 is 0 Å². The van der Waals surface area contributed by atoms with Crippen molar-refractivity contribution < 1.29 is 13.9 Å². The number of carbonyl (C=O) groups is 1. The van der Waals surface area contributed by atoms with E-state index >= 15 is 0 Å². The first-order valence-corrected chi connectivity index (χ1v) is 8.57.